The zero-order chi connectivity index (χ0) is 10.3. The molecule has 1 saturated carbocycles. The first-order valence-electron chi connectivity index (χ1n) is 5.41. The molecule has 2 fully saturated rings. The molecule has 3 nitrogen and oxygen atoms in total. The Labute approximate surface area is 84.2 Å². The molecule has 78 valence electrons. The van der Waals surface area contributed by atoms with Crippen LogP contribution in [0.3, 0.4) is 0 Å². The second-order valence-electron chi connectivity index (χ2n) is 4.83. The van der Waals surface area contributed by atoms with Crippen LogP contribution < -0.4 is 5.32 Å². The van der Waals surface area contributed by atoms with Gasteiger partial charge in [-0.05, 0) is 30.6 Å². The lowest BCUT2D eigenvalue weighted by atomic mass is 9.67. The van der Waals surface area contributed by atoms with E-state index in [1.807, 2.05) is 6.92 Å². The first-order chi connectivity index (χ1) is 6.58. The SMILES string of the molecule is CCC1C(=O)NC(=O)CC1(C)C1CC1. The first kappa shape index (κ1) is 9.69. The Morgan fingerprint density at radius 2 is 2.07 bits per heavy atom. The fourth-order valence-electron chi connectivity index (χ4n) is 2.86. The maximum absolute atomic E-state index is 11.7. The molecule has 1 aliphatic carbocycles. The van der Waals surface area contributed by atoms with E-state index in [1.54, 1.807) is 0 Å². The molecule has 0 aromatic heterocycles. The van der Waals surface area contributed by atoms with Crippen molar-refractivity contribution in [3.05, 3.63) is 0 Å². The Kier molecular flexibility index (Phi) is 2.13. The van der Waals surface area contributed by atoms with E-state index in [1.165, 1.54) is 12.8 Å². The fourth-order valence-corrected chi connectivity index (χ4v) is 2.86. The van der Waals surface area contributed by atoms with Crippen LogP contribution in [0.15, 0.2) is 0 Å². The number of rotatable bonds is 2. The minimum Gasteiger partial charge on any atom is -0.296 e. The minimum atomic E-state index is -0.0888. The topological polar surface area (TPSA) is 46.2 Å². The van der Waals surface area contributed by atoms with Crippen LogP contribution in [-0.4, -0.2) is 11.8 Å². The van der Waals surface area contributed by atoms with E-state index in [9.17, 15) is 9.59 Å². The Bertz CT molecular complexity index is 283. The summed E-state index contributed by atoms with van der Waals surface area (Å²) in [6.45, 7) is 4.14. The van der Waals surface area contributed by atoms with E-state index in [2.05, 4.69) is 12.2 Å². The van der Waals surface area contributed by atoms with Crippen molar-refractivity contribution >= 4 is 11.8 Å². The second-order valence-corrected chi connectivity index (χ2v) is 4.83. The second kappa shape index (κ2) is 3.07. The van der Waals surface area contributed by atoms with E-state index in [4.69, 9.17) is 0 Å². The molecule has 14 heavy (non-hydrogen) atoms. The van der Waals surface area contributed by atoms with Gasteiger partial charge in [-0.2, -0.15) is 0 Å². The van der Waals surface area contributed by atoms with Gasteiger partial charge < -0.3 is 0 Å². The predicted octanol–water partition coefficient (Wildman–Crippen LogP) is 1.48. The van der Waals surface area contributed by atoms with Gasteiger partial charge in [0.2, 0.25) is 11.8 Å². The van der Waals surface area contributed by atoms with Gasteiger partial charge in [0.1, 0.15) is 0 Å². The third-order valence-corrected chi connectivity index (χ3v) is 3.83. The van der Waals surface area contributed by atoms with Crippen LogP contribution in [0.5, 0.6) is 0 Å². The molecule has 0 bridgehead atoms. The van der Waals surface area contributed by atoms with Crippen molar-refractivity contribution in [3.63, 3.8) is 0 Å². The Morgan fingerprint density at radius 1 is 1.43 bits per heavy atom. The van der Waals surface area contributed by atoms with E-state index in [0.717, 1.165) is 6.42 Å². The molecule has 0 aromatic carbocycles. The zero-order valence-electron chi connectivity index (χ0n) is 8.80. The summed E-state index contributed by atoms with van der Waals surface area (Å²) in [7, 11) is 0. The van der Waals surface area contributed by atoms with Crippen molar-refractivity contribution in [1.29, 1.82) is 0 Å². The third kappa shape index (κ3) is 1.35. The van der Waals surface area contributed by atoms with E-state index >= 15 is 0 Å². The summed E-state index contributed by atoms with van der Waals surface area (Å²) >= 11 is 0. The number of piperidine rings is 1. The molecule has 2 unspecified atom stereocenters. The van der Waals surface area contributed by atoms with Crippen molar-refractivity contribution in [1.82, 2.24) is 5.32 Å². The molecule has 0 aromatic rings. The van der Waals surface area contributed by atoms with Gasteiger partial charge in [-0.1, -0.05) is 13.8 Å². The molecule has 1 aliphatic heterocycles. The molecule has 2 rings (SSSR count). The number of hydrogen-bond donors (Lipinski definition) is 1. The number of nitrogens with one attached hydrogen (secondary N) is 1. The normalized spacial score (nSPS) is 38.3. The van der Waals surface area contributed by atoms with Crippen molar-refractivity contribution in [2.75, 3.05) is 0 Å². The number of hydrogen-bond acceptors (Lipinski definition) is 2. The molecular weight excluding hydrogens is 178 g/mol. The van der Waals surface area contributed by atoms with Gasteiger partial charge >= 0.3 is 0 Å². The van der Waals surface area contributed by atoms with Gasteiger partial charge in [-0.15, -0.1) is 0 Å². The Morgan fingerprint density at radius 3 is 2.57 bits per heavy atom. The summed E-state index contributed by atoms with van der Waals surface area (Å²) in [5, 5.41) is 2.44. The molecule has 1 heterocycles. The summed E-state index contributed by atoms with van der Waals surface area (Å²) in [6, 6.07) is 0. The lowest BCUT2D eigenvalue weighted by molar-refractivity contribution is -0.144. The molecule has 2 atom stereocenters. The van der Waals surface area contributed by atoms with E-state index in [0.29, 0.717) is 12.3 Å². The summed E-state index contributed by atoms with van der Waals surface area (Å²) in [5.74, 6) is 0.488. The number of imide groups is 1. The molecule has 2 aliphatic rings. The van der Waals surface area contributed by atoms with Gasteiger partial charge in [0.05, 0.1) is 0 Å². The molecule has 0 radical (unpaired) electrons. The molecule has 0 spiro atoms. The van der Waals surface area contributed by atoms with Gasteiger partial charge in [-0.25, -0.2) is 0 Å². The highest BCUT2D eigenvalue weighted by Crippen LogP contribution is 2.54. The van der Waals surface area contributed by atoms with Crippen molar-refractivity contribution < 1.29 is 9.59 Å². The van der Waals surface area contributed by atoms with Crippen molar-refractivity contribution in [2.45, 2.75) is 39.5 Å². The van der Waals surface area contributed by atoms with Crippen LogP contribution in [0, 0.1) is 17.3 Å². The quantitative estimate of drug-likeness (QED) is 0.678. The average molecular weight is 195 g/mol. The Hall–Kier alpha value is -0.860. The molecule has 2 amide bonds. The summed E-state index contributed by atoms with van der Waals surface area (Å²) < 4.78 is 0. The van der Waals surface area contributed by atoms with Crippen LogP contribution in [0.1, 0.15) is 39.5 Å². The lowest BCUT2D eigenvalue weighted by Crippen LogP contribution is -2.51. The number of carbonyl (C=O) groups excluding carboxylic acids is 2. The zero-order valence-corrected chi connectivity index (χ0v) is 8.80. The maximum atomic E-state index is 11.7. The summed E-state index contributed by atoms with van der Waals surface area (Å²) in [6.07, 6.45) is 3.75. The van der Waals surface area contributed by atoms with Crippen LogP contribution in [-0.2, 0) is 9.59 Å². The highest BCUT2D eigenvalue weighted by Gasteiger charge is 2.52. The van der Waals surface area contributed by atoms with Crippen LogP contribution in [0.25, 0.3) is 0 Å². The van der Waals surface area contributed by atoms with Gasteiger partial charge in [0.15, 0.2) is 0 Å². The standard InChI is InChI=1S/C11H17NO2/c1-3-8-10(14)12-9(13)6-11(8,2)7-4-5-7/h7-8H,3-6H2,1-2H3,(H,12,13,14). The van der Waals surface area contributed by atoms with E-state index in [-0.39, 0.29) is 23.1 Å². The highest BCUT2D eigenvalue weighted by atomic mass is 16.2. The summed E-state index contributed by atoms with van der Waals surface area (Å²) in [5.41, 5.74) is -0.0613. The minimum absolute atomic E-state index is 0.0349. The van der Waals surface area contributed by atoms with Crippen LogP contribution >= 0.6 is 0 Å². The number of carbonyl (C=O) groups is 2. The summed E-state index contributed by atoms with van der Waals surface area (Å²) in [4.78, 5) is 23.0. The average Bonchev–Trinajstić information content (AvgIpc) is 2.84. The third-order valence-electron chi connectivity index (χ3n) is 3.83. The van der Waals surface area contributed by atoms with Gasteiger partial charge in [-0.3, -0.25) is 14.9 Å². The molecule has 3 heteroatoms. The van der Waals surface area contributed by atoms with Crippen molar-refractivity contribution in [2.24, 2.45) is 17.3 Å². The Balaban J connectivity index is 2.25. The smallest absolute Gasteiger partial charge is 0.230 e. The lowest BCUT2D eigenvalue weighted by Gasteiger charge is -2.39. The van der Waals surface area contributed by atoms with Crippen LogP contribution in [0.2, 0.25) is 0 Å². The van der Waals surface area contributed by atoms with Gasteiger partial charge in [0.25, 0.3) is 0 Å². The maximum Gasteiger partial charge on any atom is 0.230 e. The van der Waals surface area contributed by atoms with Crippen molar-refractivity contribution in [3.8, 4) is 0 Å². The number of amides is 2. The fraction of sp³-hybridized carbons (Fsp3) is 0.818. The molecule has 1 N–H and O–H groups in total. The first-order valence-corrected chi connectivity index (χ1v) is 5.41. The molecule has 1 saturated heterocycles. The molecular formula is C11H17NO2. The monoisotopic (exact) mass is 195 g/mol. The van der Waals surface area contributed by atoms with Crippen LogP contribution in [0.4, 0.5) is 0 Å². The van der Waals surface area contributed by atoms with E-state index < -0.39 is 0 Å². The van der Waals surface area contributed by atoms with Gasteiger partial charge in [0, 0.05) is 12.3 Å². The highest BCUT2D eigenvalue weighted by molar-refractivity contribution is 5.99. The predicted molar refractivity (Wildman–Crippen MR) is 52.4 cm³/mol. The largest absolute Gasteiger partial charge is 0.296 e.